The number of hydrogen-bond donors (Lipinski definition) is 4. The van der Waals surface area contributed by atoms with Crippen LogP contribution in [0.5, 0.6) is 0 Å². The lowest BCUT2D eigenvalue weighted by molar-refractivity contribution is -0.110. The van der Waals surface area contributed by atoms with Gasteiger partial charge in [-0.15, -0.1) is 0 Å². The molecule has 0 atom stereocenters. The number of amides is 1. The van der Waals surface area contributed by atoms with Gasteiger partial charge in [0.05, 0.1) is 0 Å². The molecule has 1 saturated heterocycles. The van der Waals surface area contributed by atoms with Crippen LogP contribution in [0.4, 0.5) is 11.4 Å². The number of likely N-dealkylation sites (tertiary alicyclic amines) is 1. The molecule has 0 bridgehead atoms. The van der Waals surface area contributed by atoms with Crippen LogP contribution in [-0.4, -0.2) is 56.0 Å². The summed E-state index contributed by atoms with van der Waals surface area (Å²) in [5.74, 6) is 0. The molecule has 1 aliphatic rings. The number of carbonyl (C=O) groups is 2. The largest absolute Gasteiger partial charge is 0.398 e. The normalized spacial score (nSPS) is 13.3. The Morgan fingerprint density at radius 3 is 2.33 bits per heavy atom. The lowest BCUT2D eigenvalue weighted by Crippen LogP contribution is -2.41. The highest BCUT2D eigenvalue weighted by Crippen LogP contribution is 2.26. The Hall–Kier alpha value is -3.45. The van der Waals surface area contributed by atoms with E-state index in [-0.39, 0.29) is 0 Å². The molecule has 0 aliphatic carbocycles. The number of anilines is 2. The molecule has 1 heterocycles. The van der Waals surface area contributed by atoms with E-state index in [1.807, 2.05) is 37.4 Å². The van der Waals surface area contributed by atoms with Crippen LogP contribution >= 0.6 is 0 Å². The van der Waals surface area contributed by atoms with Gasteiger partial charge in [-0.1, -0.05) is 31.7 Å². The third kappa shape index (κ3) is 9.70. The van der Waals surface area contributed by atoms with Crippen molar-refractivity contribution in [1.29, 1.82) is 5.41 Å². The van der Waals surface area contributed by atoms with Crippen molar-refractivity contribution < 1.29 is 9.59 Å². The Bertz CT molecular complexity index is 899. The molecule has 1 amide bonds. The maximum absolute atomic E-state index is 10.1. The first kappa shape index (κ1) is 27.6. The molecule has 0 spiro atoms. The number of nitrogens with two attached hydrogens (primary N) is 1. The minimum absolute atomic E-state index is 0.426. The highest BCUT2D eigenvalue weighted by molar-refractivity contribution is 6.02. The van der Waals surface area contributed by atoms with E-state index in [4.69, 9.17) is 15.9 Å². The van der Waals surface area contributed by atoms with Gasteiger partial charge >= 0.3 is 0 Å². The molecular weight excluding hydrogens is 414 g/mol. The monoisotopic (exact) mass is 451 g/mol. The van der Waals surface area contributed by atoms with Gasteiger partial charge in [0.25, 0.3) is 0 Å². The highest BCUT2D eigenvalue weighted by atomic mass is 16.1. The van der Waals surface area contributed by atoms with Crippen LogP contribution in [0.1, 0.15) is 32.3 Å². The first-order valence-electron chi connectivity index (χ1n) is 11.1. The average Bonchev–Trinajstić information content (AvgIpc) is 2.85. The summed E-state index contributed by atoms with van der Waals surface area (Å²) in [7, 11) is 1.90. The molecule has 0 aromatic heterocycles. The molecule has 3 rings (SSSR count). The van der Waals surface area contributed by atoms with Crippen LogP contribution in [-0.2, 0) is 9.59 Å². The van der Waals surface area contributed by atoms with Crippen molar-refractivity contribution in [2.24, 2.45) is 0 Å². The number of piperidine rings is 1. The second-order valence-electron chi connectivity index (χ2n) is 7.62. The third-order valence-corrected chi connectivity index (χ3v) is 5.38. The first-order chi connectivity index (χ1) is 15.9. The quantitative estimate of drug-likeness (QED) is 0.220. The number of allylic oxidation sites excluding steroid dienone is 1. The Morgan fingerprint density at radius 1 is 1.18 bits per heavy atom. The van der Waals surface area contributed by atoms with E-state index in [1.165, 1.54) is 6.08 Å². The summed E-state index contributed by atoms with van der Waals surface area (Å²) in [6.07, 6.45) is 4.85. The molecule has 0 saturated carbocycles. The van der Waals surface area contributed by atoms with Gasteiger partial charge in [0.15, 0.2) is 0 Å². The van der Waals surface area contributed by atoms with Crippen LogP contribution in [0.2, 0.25) is 0 Å². The second kappa shape index (κ2) is 15.4. The number of carbonyl (C=O) groups excluding carboxylic acids is 2. The van der Waals surface area contributed by atoms with Crippen LogP contribution in [0.3, 0.4) is 0 Å². The van der Waals surface area contributed by atoms with Crippen molar-refractivity contribution in [3.8, 4) is 11.1 Å². The van der Waals surface area contributed by atoms with Gasteiger partial charge in [-0.3, -0.25) is 9.59 Å². The van der Waals surface area contributed by atoms with E-state index < -0.39 is 0 Å². The number of nitrogens with one attached hydrogen (secondary N) is 3. The minimum atomic E-state index is 0.426. The second-order valence-corrected chi connectivity index (χ2v) is 7.62. The Kier molecular flexibility index (Phi) is 12.8. The minimum Gasteiger partial charge on any atom is -0.398 e. The molecule has 2 aromatic carbocycles. The number of benzene rings is 2. The van der Waals surface area contributed by atoms with Gasteiger partial charge in [-0.25, -0.2) is 0 Å². The molecule has 5 N–H and O–H groups in total. The fourth-order valence-electron chi connectivity index (χ4n) is 3.43. The molecule has 0 unspecified atom stereocenters. The number of nitrogens with zero attached hydrogens (tertiary/aromatic N) is 1. The Labute approximate surface area is 197 Å². The number of rotatable bonds is 7. The maximum atomic E-state index is 10.1. The fraction of sp³-hybridized carbons (Fsp3) is 0.346. The van der Waals surface area contributed by atoms with Crippen molar-refractivity contribution >= 4 is 29.8 Å². The summed E-state index contributed by atoms with van der Waals surface area (Å²) in [6, 6.07) is 14.4. The fourth-order valence-corrected chi connectivity index (χ4v) is 3.43. The van der Waals surface area contributed by atoms with Crippen molar-refractivity contribution in [3.63, 3.8) is 0 Å². The van der Waals surface area contributed by atoms with E-state index in [1.54, 1.807) is 6.92 Å². The molecule has 7 heteroatoms. The van der Waals surface area contributed by atoms with E-state index in [2.05, 4.69) is 41.2 Å². The van der Waals surface area contributed by atoms with E-state index in [0.717, 1.165) is 61.3 Å². The van der Waals surface area contributed by atoms with Crippen molar-refractivity contribution in [1.82, 2.24) is 10.2 Å². The highest BCUT2D eigenvalue weighted by Gasteiger charge is 2.16. The molecule has 178 valence electrons. The van der Waals surface area contributed by atoms with Crippen molar-refractivity contribution in [3.05, 3.63) is 60.7 Å². The zero-order valence-corrected chi connectivity index (χ0v) is 19.9. The number of aldehydes is 1. The molecule has 2 aromatic rings. The molecule has 1 aliphatic heterocycles. The average molecular weight is 452 g/mol. The lowest BCUT2D eigenvalue weighted by Gasteiger charge is -2.30. The lowest BCUT2D eigenvalue weighted by atomic mass is 9.99. The standard InChI is InChI=1S/C15H17N3.C8H16N2O.C3H4O/c1-10(16)14-9-12(6-7-15(14)17)11-4-3-5-13(8-11)18-2;1-2-10-5-3-8(4-6-10)9-7-11;1-2-3-4/h3-9,16,18H,17H2,1-2H3;7-8H,2-6H2,1H3,(H,9,11);2-3H,1H2. The first-order valence-corrected chi connectivity index (χ1v) is 11.1. The topological polar surface area (TPSA) is 111 Å². The van der Waals surface area contributed by atoms with Crippen LogP contribution in [0, 0.1) is 5.41 Å². The number of nitrogen functional groups attached to an aromatic ring is 1. The molecule has 7 nitrogen and oxygen atoms in total. The van der Waals surface area contributed by atoms with Crippen molar-refractivity contribution in [2.45, 2.75) is 32.7 Å². The predicted octanol–water partition coefficient (Wildman–Crippen LogP) is 3.95. The summed E-state index contributed by atoms with van der Waals surface area (Å²) in [4.78, 5) is 21.6. The van der Waals surface area contributed by atoms with Crippen LogP contribution in [0.25, 0.3) is 11.1 Å². The molecule has 33 heavy (non-hydrogen) atoms. The summed E-state index contributed by atoms with van der Waals surface area (Å²) in [5.41, 5.74) is 11.1. The van der Waals surface area contributed by atoms with Gasteiger partial charge < -0.3 is 26.7 Å². The van der Waals surface area contributed by atoms with Crippen LogP contribution < -0.4 is 16.4 Å². The SMILES string of the molecule is C=CC=O.CCN1CCC(NC=O)CC1.CNc1cccc(-c2ccc(N)c(C(C)=N)c2)c1. The van der Waals surface area contributed by atoms with Crippen LogP contribution in [0.15, 0.2) is 55.1 Å². The molecule has 1 fully saturated rings. The summed E-state index contributed by atoms with van der Waals surface area (Å²) in [6.45, 7) is 10.4. The zero-order chi connectivity index (χ0) is 24.6. The van der Waals surface area contributed by atoms with E-state index in [9.17, 15) is 4.79 Å². The third-order valence-electron chi connectivity index (χ3n) is 5.38. The van der Waals surface area contributed by atoms with Gasteiger partial charge in [0, 0.05) is 48.8 Å². The summed E-state index contributed by atoms with van der Waals surface area (Å²) < 4.78 is 0. The van der Waals surface area contributed by atoms with Gasteiger partial charge in [-0.2, -0.15) is 0 Å². The maximum Gasteiger partial charge on any atom is 0.207 e. The summed E-state index contributed by atoms with van der Waals surface area (Å²) in [5, 5.41) is 13.7. The Morgan fingerprint density at radius 2 is 1.82 bits per heavy atom. The number of hydrogen-bond acceptors (Lipinski definition) is 6. The van der Waals surface area contributed by atoms with Gasteiger partial charge in [0.2, 0.25) is 6.41 Å². The van der Waals surface area contributed by atoms with Crippen molar-refractivity contribution in [2.75, 3.05) is 37.7 Å². The molecule has 0 radical (unpaired) electrons. The Balaban J connectivity index is 0.000000309. The van der Waals surface area contributed by atoms with Gasteiger partial charge in [-0.05, 0) is 67.8 Å². The predicted molar refractivity (Wildman–Crippen MR) is 139 cm³/mol. The zero-order valence-electron chi connectivity index (χ0n) is 19.9. The van der Waals surface area contributed by atoms with E-state index >= 15 is 0 Å². The molecular formula is C26H37N5O2. The summed E-state index contributed by atoms with van der Waals surface area (Å²) >= 11 is 0. The van der Waals surface area contributed by atoms with E-state index in [0.29, 0.717) is 23.7 Å². The van der Waals surface area contributed by atoms with Gasteiger partial charge in [0.1, 0.15) is 6.29 Å². The smallest absolute Gasteiger partial charge is 0.207 e.